The molecule has 0 aromatic heterocycles. The maximum atomic E-state index is 9.68. The highest BCUT2D eigenvalue weighted by Crippen LogP contribution is 2.46. The molecule has 2 heteroatoms. The number of aliphatic hydroxyl groups is 1. The van der Waals surface area contributed by atoms with Gasteiger partial charge in [-0.3, -0.25) is 0 Å². The van der Waals surface area contributed by atoms with Crippen LogP contribution < -0.4 is 0 Å². The van der Waals surface area contributed by atoms with E-state index in [1.807, 2.05) is 0 Å². The van der Waals surface area contributed by atoms with E-state index in [2.05, 4.69) is 11.8 Å². The van der Waals surface area contributed by atoms with E-state index < -0.39 is 0 Å². The molecular formula is C12H22OS. The van der Waals surface area contributed by atoms with Crippen molar-refractivity contribution in [2.24, 2.45) is 11.3 Å². The lowest BCUT2D eigenvalue weighted by atomic mass is 9.66. The van der Waals surface area contributed by atoms with Crippen LogP contribution in [0, 0.1) is 11.3 Å². The van der Waals surface area contributed by atoms with Crippen LogP contribution in [0.2, 0.25) is 0 Å². The summed E-state index contributed by atoms with van der Waals surface area (Å²) in [5, 5.41) is 9.68. The largest absolute Gasteiger partial charge is 0.396 e. The first kappa shape index (κ1) is 10.8. The minimum Gasteiger partial charge on any atom is -0.396 e. The van der Waals surface area contributed by atoms with E-state index in [0.717, 1.165) is 5.92 Å². The third-order valence-electron chi connectivity index (χ3n) is 4.27. The topological polar surface area (TPSA) is 20.2 Å². The lowest BCUT2D eigenvalue weighted by molar-refractivity contribution is 0.0318. The Morgan fingerprint density at radius 2 is 1.71 bits per heavy atom. The maximum absolute atomic E-state index is 9.68. The molecule has 0 atom stereocenters. The van der Waals surface area contributed by atoms with Gasteiger partial charge in [-0.2, -0.15) is 11.8 Å². The Balaban J connectivity index is 2.01. The molecule has 0 amide bonds. The molecule has 0 spiro atoms. The van der Waals surface area contributed by atoms with Gasteiger partial charge in [0.05, 0.1) is 0 Å². The molecular weight excluding hydrogens is 192 g/mol. The Kier molecular flexibility index (Phi) is 3.78. The van der Waals surface area contributed by atoms with Gasteiger partial charge in [-0.1, -0.05) is 19.3 Å². The summed E-state index contributed by atoms with van der Waals surface area (Å²) in [5.74, 6) is 3.39. The number of rotatable bonds is 2. The fraction of sp³-hybridized carbons (Fsp3) is 1.00. The SMILES string of the molecule is OCC1(C2CCCCC2)CCSCC1. The Morgan fingerprint density at radius 3 is 2.29 bits per heavy atom. The Bertz CT molecular complexity index is 169. The smallest absolute Gasteiger partial charge is 0.0490 e. The number of hydrogen-bond donors (Lipinski definition) is 1. The van der Waals surface area contributed by atoms with Crippen molar-refractivity contribution in [1.29, 1.82) is 0 Å². The molecule has 82 valence electrons. The second-order valence-corrected chi connectivity index (χ2v) is 6.19. The second-order valence-electron chi connectivity index (χ2n) is 4.97. The van der Waals surface area contributed by atoms with Crippen molar-refractivity contribution in [3.05, 3.63) is 0 Å². The standard InChI is InChI=1S/C12H22OS/c13-10-12(6-8-14-9-7-12)11-4-2-1-3-5-11/h11,13H,1-10H2. The molecule has 2 rings (SSSR count). The van der Waals surface area contributed by atoms with Crippen LogP contribution in [0.15, 0.2) is 0 Å². The van der Waals surface area contributed by atoms with E-state index in [1.54, 1.807) is 0 Å². The van der Waals surface area contributed by atoms with Gasteiger partial charge in [0.1, 0.15) is 0 Å². The van der Waals surface area contributed by atoms with Crippen LogP contribution in [0.4, 0.5) is 0 Å². The monoisotopic (exact) mass is 214 g/mol. The van der Waals surface area contributed by atoms with Gasteiger partial charge in [0.15, 0.2) is 0 Å². The quantitative estimate of drug-likeness (QED) is 0.762. The average molecular weight is 214 g/mol. The zero-order valence-corrected chi connectivity index (χ0v) is 9.82. The molecule has 0 radical (unpaired) electrons. The molecule has 0 aromatic rings. The molecule has 0 aromatic carbocycles. The van der Waals surface area contributed by atoms with Crippen molar-refractivity contribution >= 4 is 11.8 Å². The zero-order chi connectivity index (χ0) is 9.86. The molecule has 1 saturated carbocycles. The van der Waals surface area contributed by atoms with E-state index in [9.17, 15) is 5.11 Å². The lowest BCUT2D eigenvalue weighted by Gasteiger charge is -2.44. The summed E-state index contributed by atoms with van der Waals surface area (Å²) in [7, 11) is 0. The van der Waals surface area contributed by atoms with Gasteiger partial charge in [-0.05, 0) is 48.5 Å². The van der Waals surface area contributed by atoms with E-state index in [-0.39, 0.29) is 0 Å². The fourth-order valence-electron chi connectivity index (χ4n) is 3.19. The second kappa shape index (κ2) is 4.89. The maximum Gasteiger partial charge on any atom is 0.0490 e. The summed E-state index contributed by atoms with van der Waals surface area (Å²) in [4.78, 5) is 0. The normalized spacial score (nSPS) is 28.9. The van der Waals surface area contributed by atoms with Gasteiger partial charge in [-0.25, -0.2) is 0 Å². The number of hydrogen-bond acceptors (Lipinski definition) is 2. The van der Waals surface area contributed by atoms with Crippen molar-refractivity contribution in [3.8, 4) is 0 Å². The van der Waals surface area contributed by atoms with Crippen LogP contribution in [-0.2, 0) is 0 Å². The molecule has 1 aliphatic carbocycles. The molecule has 1 N–H and O–H groups in total. The number of thioether (sulfide) groups is 1. The molecule has 1 saturated heterocycles. The highest BCUT2D eigenvalue weighted by Gasteiger charge is 2.39. The van der Waals surface area contributed by atoms with Crippen LogP contribution in [-0.4, -0.2) is 23.2 Å². The van der Waals surface area contributed by atoms with Crippen molar-refractivity contribution < 1.29 is 5.11 Å². The Labute approximate surface area is 91.7 Å². The van der Waals surface area contributed by atoms with Crippen molar-refractivity contribution in [2.75, 3.05) is 18.1 Å². The van der Waals surface area contributed by atoms with Gasteiger partial charge < -0.3 is 5.11 Å². The first-order chi connectivity index (χ1) is 6.87. The molecule has 1 heterocycles. The third-order valence-corrected chi connectivity index (χ3v) is 5.26. The molecule has 0 unspecified atom stereocenters. The first-order valence-electron chi connectivity index (χ1n) is 6.06. The van der Waals surface area contributed by atoms with Crippen LogP contribution in [0.3, 0.4) is 0 Å². The van der Waals surface area contributed by atoms with Crippen LogP contribution in [0.1, 0.15) is 44.9 Å². The van der Waals surface area contributed by atoms with Gasteiger partial charge in [0.25, 0.3) is 0 Å². The molecule has 2 fully saturated rings. The highest BCUT2D eigenvalue weighted by molar-refractivity contribution is 7.99. The van der Waals surface area contributed by atoms with Crippen molar-refractivity contribution in [3.63, 3.8) is 0 Å². The van der Waals surface area contributed by atoms with Gasteiger partial charge in [-0.15, -0.1) is 0 Å². The van der Waals surface area contributed by atoms with Crippen LogP contribution >= 0.6 is 11.8 Å². The molecule has 2 aliphatic rings. The van der Waals surface area contributed by atoms with Crippen molar-refractivity contribution in [1.82, 2.24) is 0 Å². The summed E-state index contributed by atoms with van der Waals surface area (Å²) in [5.41, 5.74) is 0.325. The molecule has 0 bridgehead atoms. The molecule has 14 heavy (non-hydrogen) atoms. The van der Waals surface area contributed by atoms with E-state index in [1.165, 1.54) is 56.5 Å². The Hall–Kier alpha value is 0.310. The lowest BCUT2D eigenvalue weighted by Crippen LogP contribution is -2.39. The molecule has 1 nitrogen and oxygen atoms in total. The predicted molar refractivity (Wildman–Crippen MR) is 62.7 cm³/mol. The summed E-state index contributed by atoms with van der Waals surface area (Å²) in [6.45, 7) is 0.443. The average Bonchev–Trinajstić information content (AvgIpc) is 2.31. The predicted octanol–water partition coefficient (Wildman–Crippen LogP) is 3.07. The van der Waals surface area contributed by atoms with Crippen LogP contribution in [0.5, 0.6) is 0 Å². The highest BCUT2D eigenvalue weighted by atomic mass is 32.2. The summed E-state index contributed by atoms with van der Waals surface area (Å²) in [6.07, 6.45) is 9.51. The Morgan fingerprint density at radius 1 is 1.07 bits per heavy atom. The zero-order valence-electron chi connectivity index (χ0n) is 9.00. The summed E-state index contributed by atoms with van der Waals surface area (Å²) >= 11 is 2.07. The summed E-state index contributed by atoms with van der Waals surface area (Å²) < 4.78 is 0. The van der Waals surface area contributed by atoms with Crippen molar-refractivity contribution in [2.45, 2.75) is 44.9 Å². The fourth-order valence-corrected chi connectivity index (χ4v) is 4.49. The van der Waals surface area contributed by atoms with E-state index in [0.29, 0.717) is 12.0 Å². The van der Waals surface area contributed by atoms with E-state index in [4.69, 9.17) is 0 Å². The third kappa shape index (κ3) is 2.11. The van der Waals surface area contributed by atoms with E-state index >= 15 is 0 Å². The minimum atomic E-state index is 0.325. The van der Waals surface area contributed by atoms with Crippen LogP contribution in [0.25, 0.3) is 0 Å². The molecule has 1 aliphatic heterocycles. The minimum absolute atomic E-state index is 0.325. The van der Waals surface area contributed by atoms with Gasteiger partial charge >= 0.3 is 0 Å². The first-order valence-corrected chi connectivity index (χ1v) is 7.21. The van der Waals surface area contributed by atoms with Gasteiger partial charge in [0, 0.05) is 6.61 Å². The van der Waals surface area contributed by atoms with Gasteiger partial charge in [0.2, 0.25) is 0 Å². The number of aliphatic hydroxyl groups excluding tert-OH is 1. The summed E-state index contributed by atoms with van der Waals surface area (Å²) in [6, 6.07) is 0.